The molecule has 1 aliphatic rings. The number of carbonyl (C=O) groups excluding carboxylic acids is 1. The van der Waals surface area contributed by atoms with E-state index >= 15 is 0 Å². The van der Waals surface area contributed by atoms with Gasteiger partial charge in [-0.3, -0.25) is 0 Å². The fourth-order valence-electron chi connectivity index (χ4n) is 1.83. The molecule has 0 radical (unpaired) electrons. The summed E-state index contributed by atoms with van der Waals surface area (Å²) >= 11 is 1.68. The third kappa shape index (κ3) is 4.38. The number of urea groups is 1. The molecule has 1 saturated heterocycles. The quantitative estimate of drug-likeness (QED) is 0.743. The Kier molecular flexibility index (Phi) is 5.28. The molecule has 1 heterocycles. The number of carboxylic acid groups (broad SMARTS) is 1. The zero-order valence-corrected chi connectivity index (χ0v) is 11.7. The van der Waals surface area contributed by atoms with Crippen LogP contribution in [-0.4, -0.2) is 65.4 Å². The van der Waals surface area contributed by atoms with Gasteiger partial charge in [0, 0.05) is 11.8 Å². The molecule has 6 nitrogen and oxygen atoms in total. The van der Waals surface area contributed by atoms with E-state index < -0.39 is 11.6 Å². The summed E-state index contributed by atoms with van der Waals surface area (Å²) in [6, 6.07) is 0.00671. The Hall–Kier alpha value is -0.950. The third-order valence-electron chi connectivity index (χ3n) is 2.67. The van der Waals surface area contributed by atoms with Crippen molar-refractivity contribution in [3.05, 3.63) is 0 Å². The van der Waals surface area contributed by atoms with Crippen molar-refractivity contribution in [3.8, 4) is 0 Å². The number of hydrogen-bond donors (Lipinski definition) is 2. The molecule has 0 aromatic carbocycles. The molecule has 1 fully saturated rings. The lowest BCUT2D eigenvalue weighted by atomic mass is 9.97. The van der Waals surface area contributed by atoms with Crippen LogP contribution in [0.4, 0.5) is 4.79 Å². The fraction of sp³-hybridized carbons (Fsp3) is 0.818. The summed E-state index contributed by atoms with van der Waals surface area (Å²) in [5, 5.41) is 11.4. The topological polar surface area (TPSA) is 78.9 Å². The van der Waals surface area contributed by atoms with Crippen LogP contribution < -0.4 is 5.32 Å². The van der Waals surface area contributed by atoms with Crippen molar-refractivity contribution in [2.45, 2.75) is 25.5 Å². The van der Waals surface area contributed by atoms with Gasteiger partial charge in [-0.1, -0.05) is 0 Å². The molecular formula is C11H20N2O4S. The van der Waals surface area contributed by atoms with E-state index in [9.17, 15) is 9.59 Å². The molecule has 2 N–H and O–H groups in total. The number of nitrogens with zero attached hydrogens (tertiary/aromatic N) is 1. The van der Waals surface area contributed by atoms with Crippen LogP contribution in [0.2, 0.25) is 0 Å². The van der Waals surface area contributed by atoms with Crippen LogP contribution in [0.1, 0.15) is 13.8 Å². The van der Waals surface area contributed by atoms with Gasteiger partial charge in [0.15, 0.2) is 0 Å². The first kappa shape index (κ1) is 15.1. The first-order valence-electron chi connectivity index (χ1n) is 5.76. The highest BCUT2D eigenvalue weighted by atomic mass is 32.2. The predicted molar refractivity (Wildman–Crippen MR) is 69.9 cm³/mol. The van der Waals surface area contributed by atoms with E-state index in [2.05, 4.69) is 5.32 Å². The van der Waals surface area contributed by atoms with E-state index in [0.717, 1.165) is 5.75 Å². The van der Waals surface area contributed by atoms with Crippen LogP contribution in [0.25, 0.3) is 0 Å². The molecule has 1 aliphatic heterocycles. The number of carbonyl (C=O) groups is 2. The second-order valence-corrected chi connectivity index (χ2v) is 5.70. The molecule has 0 aliphatic carbocycles. The summed E-state index contributed by atoms with van der Waals surface area (Å²) in [5.41, 5.74) is -0.529. The van der Waals surface area contributed by atoms with E-state index in [4.69, 9.17) is 9.84 Å². The number of aliphatic carboxylic acids is 1. The monoisotopic (exact) mass is 276 g/mol. The lowest BCUT2D eigenvalue weighted by Crippen LogP contribution is -2.65. The summed E-state index contributed by atoms with van der Waals surface area (Å²) in [7, 11) is 0. The van der Waals surface area contributed by atoms with E-state index in [0.29, 0.717) is 13.1 Å². The van der Waals surface area contributed by atoms with Gasteiger partial charge < -0.3 is 20.1 Å². The molecule has 1 rings (SSSR count). The molecule has 0 spiro atoms. The molecule has 18 heavy (non-hydrogen) atoms. The maximum absolute atomic E-state index is 11.8. The van der Waals surface area contributed by atoms with Crippen molar-refractivity contribution in [1.29, 1.82) is 0 Å². The number of ether oxygens (including phenoxy) is 1. The van der Waals surface area contributed by atoms with E-state index in [-0.39, 0.29) is 18.7 Å². The zero-order valence-electron chi connectivity index (χ0n) is 10.9. The highest BCUT2D eigenvalue weighted by Crippen LogP contribution is 2.24. The summed E-state index contributed by atoms with van der Waals surface area (Å²) < 4.78 is 5.23. The lowest BCUT2D eigenvalue weighted by Gasteiger charge is -2.47. The van der Waals surface area contributed by atoms with Gasteiger partial charge in [-0.05, 0) is 20.1 Å². The van der Waals surface area contributed by atoms with Crippen LogP contribution in [0.15, 0.2) is 0 Å². The Bertz CT molecular complexity index is 318. The van der Waals surface area contributed by atoms with Crippen molar-refractivity contribution in [3.63, 3.8) is 0 Å². The largest absolute Gasteiger partial charge is 0.480 e. The van der Waals surface area contributed by atoms with E-state index in [1.165, 1.54) is 0 Å². The Morgan fingerprint density at radius 2 is 2.17 bits per heavy atom. The van der Waals surface area contributed by atoms with Gasteiger partial charge >= 0.3 is 12.0 Å². The average molecular weight is 276 g/mol. The van der Waals surface area contributed by atoms with Crippen LogP contribution in [0.5, 0.6) is 0 Å². The third-order valence-corrected chi connectivity index (χ3v) is 3.50. The minimum absolute atomic E-state index is 0.118. The molecule has 1 unspecified atom stereocenters. The first-order chi connectivity index (χ1) is 8.36. The smallest absolute Gasteiger partial charge is 0.329 e. The molecular weight excluding hydrogens is 256 g/mol. The van der Waals surface area contributed by atoms with Gasteiger partial charge in [0.2, 0.25) is 0 Å². The molecule has 0 aromatic heterocycles. The summed E-state index contributed by atoms with van der Waals surface area (Å²) in [6.45, 7) is 4.30. The maximum Gasteiger partial charge on any atom is 0.329 e. The lowest BCUT2D eigenvalue weighted by molar-refractivity contribution is -0.159. The van der Waals surface area contributed by atoms with Gasteiger partial charge in [-0.25, -0.2) is 9.59 Å². The molecule has 7 heteroatoms. The number of hydrogen-bond acceptors (Lipinski definition) is 4. The van der Waals surface area contributed by atoms with Crippen molar-refractivity contribution >= 4 is 23.8 Å². The highest BCUT2D eigenvalue weighted by molar-refractivity contribution is 7.98. The second-order valence-electron chi connectivity index (χ2n) is 4.79. The van der Waals surface area contributed by atoms with Gasteiger partial charge in [0.05, 0.1) is 13.1 Å². The first-order valence-corrected chi connectivity index (χ1v) is 7.16. The number of rotatable bonds is 6. The Labute approximate surface area is 111 Å². The number of nitrogens with one attached hydrogen (secondary N) is 1. The summed E-state index contributed by atoms with van der Waals surface area (Å²) in [5.74, 6) is -0.125. The van der Waals surface area contributed by atoms with Gasteiger partial charge in [0.25, 0.3) is 0 Å². The number of likely N-dealkylation sites (tertiary alicyclic amines) is 1. The normalized spacial score (nSPS) is 18.9. The zero-order chi connectivity index (χ0) is 13.8. The minimum Gasteiger partial charge on any atom is -0.480 e. The molecule has 0 saturated carbocycles. The van der Waals surface area contributed by atoms with Gasteiger partial charge in [0.1, 0.15) is 12.2 Å². The van der Waals surface area contributed by atoms with Crippen molar-refractivity contribution in [1.82, 2.24) is 10.2 Å². The number of amides is 2. The molecule has 1 atom stereocenters. The Morgan fingerprint density at radius 3 is 2.67 bits per heavy atom. The summed E-state index contributed by atoms with van der Waals surface area (Å²) in [4.78, 5) is 23.8. The van der Waals surface area contributed by atoms with Crippen LogP contribution in [0.3, 0.4) is 0 Å². The van der Waals surface area contributed by atoms with Gasteiger partial charge in [-0.2, -0.15) is 11.8 Å². The van der Waals surface area contributed by atoms with Gasteiger partial charge in [-0.15, -0.1) is 0 Å². The molecule has 0 bridgehead atoms. The highest BCUT2D eigenvalue weighted by Gasteiger charge is 2.42. The van der Waals surface area contributed by atoms with Crippen LogP contribution in [-0.2, 0) is 9.53 Å². The summed E-state index contributed by atoms with van der Waals surface area (Å²) in [6.07, 6.45) is 1.99. The van der Waals surface area contributed by atoms with E-state index in [1.54, 1.807) is 16.7 Å². The number of carboxylic acids is 1. The molecule has 2 amide bonds. The standard InChI is InChI=1S/C11H20N2O4S/c1-8(5-18-3)12-10(16)13-6-11(2,7-13)17-4-9(14)15/h8H,4-7H2,1-3H3,(H,12,16)(H,14,15). The van der Waals surface area contributed by atoms with Crippen molar-refractivity contribution < 1.29 is 19.4 Å². The fourth-order valence-corrected chi connectivity index (χ4v) is 2.41. The Morgan fingerprint density at radius 1 is 1.56 bits per heavy atom. The van der Waals surface area contributed by atoms with Crippen LogP contribution >= 0.6 is 11.8 Å². The SMILES string of the molecule is CSCC(C)NC(=O)N1CC(C)(OCC(=O)O)C1. The minimum atomic E-state index is -0.993. The average Bonchev–Trinajstić information content (AvgIpc) is 2.22. The van der Waals surface area contributed by atoms with Crippen molar-refractivity contribution in [2.24, 2.45) is 0 Å². The van der Waals surface area contributed by atoms with Crippen molar-refractivity contribution in [2.75, 3.05) is 31.7 Å². The van der Waals surface area contributed by atoms with Crippen LogP contribution in [0, 0.1) is 0 Å². The Balaban J connectivity index is 2.28. The van der Waals surface area contributed by atoms with E-state index in [1.807, 2.05) is 20.1 Å². The second kappa shape index (κ2) is 6.29. The predicted octanol–water partition coefficient (Wildman–Crippen LogP) is 0.623. The molecule has 0 aromatic rings. The molecule has 104 valence electrons. The maximum atomic E-state index is 11.8. The number of thioether (sulfide) groups is 1.